The number of carbonyl (C=O) groups is 2. The normalized spacial score (nSPS) is 37.9. The Hall–Kier alpha value is -3.90. The Labute approximate surface area is 373 Å². The van der Waals surface area contributed by atoms with Crippen LogP contribution in [-0.2, 0) is 17.8 Å². The number of carbonyl (C=O) groups excluding carboxylic acids is 2. The lowest BCUT2D eigenvalue weighted by atomic mass is 9.50. The molecule has 2 aromatic carbocycles. The van der Waals surface area contributed by atoms with Crippen molar-refractivity contribution in [1.29, 1.82) is 0 Å². The first-order valence-electron chi connectivity index (χ1n) is 22.0. The Morgan fingerprint density at radius 1 is 0.984 bits per heavy atom. The third-order valence-electron chi connectivity index (χ3n) is 15.4. The van der Waals surface area contributed by atoms with Crippen molar-refractivity contribution in [2.75, 3.05) is 25.6 Å². The third kappa shape index (κ3) is 6.32. The molecule has 5 aliphatic carbocycles. The number of rotatable bonds is 7. The Morgan fingerprint density at radius 3 is 2.62 bits per heavy atom. The number of dihydropyridines is 1. The summed E-state index contributed by atoms with van der Waals surface area (Å²) >= 11 is 0. The molecule has 8 aliphatic rings. The number of hydrogen-bond acceptors (Lipinski definition) is 15. The maximum Gasteiger partial charge on any atom is 0.230 e. The second kappa shape index (κ2) is 16.2. The van der Waals surface area contributed by atoms with Gasteiger partial charge in [-0.1, -0.05) is 82.6 Å². The monoisotopic (exact) mass is 898 g/mol. The van der Waals surface area contributed by atoms with Gasteiger partial charge in [-0.15, -0.1) is 0 Å². The Morgan fingerprint density at radius 2 is 1.81 bits per heavy atom. The van der Waals surface area contributed by atoms with Crippen LogP contribution in [0.2, 0.25) is 0 Å². The lowest BCUT2D eigenvalue weighted by Crippen LogP contribution is -2.78. The lowest BCUT2D eigenvalue weighted by molar-refractivity contribution is -0.356. The highest BCUT2D eigenvalue weighted by Gasteiger charge is 2.72. The summed E-state index contributed by atoms with van der Waals surface area (Å²) in [6.45, 7) is -0.542. The van der Waals surface area contributed by atoms with Crippen LogP contribution < -0.4 is 15.4 Å². The summed E-state index contributed by atoms with van der Waals surface area (Å²) in [5.74, 6) is -2.22. The highest BCUT2D eigenvalue weighted by molar-refractivity contribution is 8.76. The number of hydrogen-bond donors (Lipinski definition) is 9. The summed E-state index contributed by atoms with van der Waals surface area (Å²) < 4.78 is 12.9. The molecule has 7 bridgehead atoms. The second-order valence-electron chi connectivity index (χ2n) is 18.4. The highest BCUT2D eigenvalue weighted by atomic mass is 33.1. The number of nitrogens with one attached hydrogen (secondary N) is 2. The smallest absolute Gasteiger partial charge is 0.230 e. The van der Waals surface area contributed by atoms with Gasteiger partial charge in [-0.05, 0) is 96.9 Å². The van der Waals surface area contributed by atoms with E-state index in [9.17, 15) is 35.7 Å². The van der Waals surface area contributed by atoms with E-state index >= 15 is 9.59 Å². The van der Waals surface area contributed by atoms with Crippen molar-refractivity contribution in [3.63, 3.8) is 0 Å². The van der Waals surface area contributed by atoms with Gasteiger partial charge in [0.1, 0.15) is 40.3 Å². The van der Waals surface area contributed by atoms with Gasteiger partial charge in [0.2, 0.25) is 6.29 Å². The van der Waals surface area contributed by atoms with Crippen molar-refractivity contribution in [3.05, 3.63) is 123 Å². The zero-order valence-corrected chi connectivity index (χ0v) is 36.4. The summed E-state index contributed by atoms with van der Waals surface area (Å²) in [7, 11) is 2.81. The van der Waals surface area contributed by atoms with Crippen LogP contribution in [0.3, 0.4) is 0 Å². The summed E-state index contributed by atoms with van der Waals surface area (Å²) in [4.78, 5) is 30.9. The molecule has 2 aromatic rings. The van der Waals surface area contributed by atoms with Gasteiger partial charge in [-0.25, -0.2) is 0 Å². The molecular weight excluding hydrogens is 845 g/mol. The molecule has 0 radical (unpaired) electrons. The fourth-order valence-electron chi connectivity index (χ4n) is 12.5. The van der Waals surface area contributed by atoms with Gasteiger partial charge in [0, 0.05) is 35.3 Å². The van der Waals surface area contributed by atoms with Gasteiger partial charge in [-0.2, -0.15) is 0 Å². The lowest BCUT2D eigenvalue weighted by Gasteiger charge is -2.62. The highest BCUT2D eigenvalue weighted by Crippen LogP contribution is 2.66. The average Bonchev–Trinajstić information content (AvgIpc) is 3.73. The molecule has 63 heavy (non-hydrogen) atoms. The zero-order chi connectivity index (χ0) is 43.9. The predicted molar refractivity (Wildman–Crippen MR) is 236 cm³/mol. The zero-order valence-electron chi connectivity index (χ0n) is 34.7. The summed E-state index contributed by atoms with van der Waals surface area (Å²) in [6.07, 6.45) is 8.43. The molecular formula is C48H54N2O11S2. The van der Waals surface area contributed by atoms with Gasteiger partial charge in [0.15, 0.2) is 11.6 Å². The van der Waals surface area contributed by atoms with Gasteiger partial charge in [-0.3, -0.25) is 9.59 Å². The van der Waals surface area contributed by atoms with E-state index in [2.05, 4.69) is 16.7 Å². The van der Waals surface area contributed by atoms with E-state index in [-0.39, 0.29) is 54.6 Å². The van der Waals surface area contributed by atoms with Crippen LogP contribution in [0.15, 0.2) is 101 Å². The first-order valence-corrected chi connectivity index (χ1v) is 24.4. The van der Waals surface area contributed by atoms with Crippen LogP contribution >= 0.6 is 21.6 Å². The van der Waals surface area contributed by atoms with Crippen LogP contribution in [0.1, 0.15) is 76.8 Å². The fourth-order valence-corrected chi connectivity index (χ4v) is 15.4. The average molecular weight is 899 g/mol. The number of aliphatic hydroxyl groups is 7. The number of allylic oxidation sites excluding steroid dienone is 6. The number of ether oxygens (including phenoxy) is 2. The minimum atomic E-state index is -2.30. The molecule has 15 heteroatoms. The molecule has 0 amide bonds. The molecule has 0 unspecified atom stereocenters. The number of aliphatic hydroxyl groups excluding tert-OH is 6. The molecule has 0 aromatic heterocycles. The molecule has 3 heterocycles. The summed E-state index contributed by atoms with van der Waals surface area (Å²) in [5.41, 5.74) is -2.40. The molecule has 11 atom stereocenters. The van der Waals surface area contributed by atoms with Crippen molar-refractivity contribution in [2.24, 2.45) is 28.6 Å². The Bertz CT molecular complexity index is 2380. The predicted octanol–water partition coefficient (Wildman–Crippen LogP) is 4.29. The van der Waals surface area contributed by atoms with Gasteiger partial charge in [0.25, 0.3) is 0 Å². The van der Waals surface area contributed by atoms with E-state index in [1.165, 1.54) is 39.3 Å². The molecule has 10 rings (SSSR count). The Balaban J connectivity index is 1.14. The number of Topliss-reactive ketones (excluding diaryl/α,β-unsaturated/α-hetero) is 2. The summed E-state index contributed by atoms with van der Waals surface area (Å²) in [6, 6.07) is 11.9. The SMILES string of the molecule is O=C1c2cccc3c2C(=O)[C@@]2(C(O)=CC(Cc4cccc(CO)c4)=C[C@H]12)[C@@H](CCCO)SSCNC1=CC2=C(CC[C@@H]4CCC[C@]24[C@@H]2C=C[C@]4(CO)O[C@@H](O3)[C@H](O)[C@@]2(O)[C@@H]4O)CN1. The number of fused-ring (bicyclic) bond motifs is 2. The molecule has 334 valence electrons. The van der Waals surface area contributed by atoms with E-state index in [1.54, 1.807) is 36.4 Å². The Kier molecular flexibility index (Phi) is 11.1. The van der Waals surface area contributed by atoms with E-state index in [0.717, 1.165) is 42.6 Å². The first kappa shape index (κ1) is 43.0. The van der Waals surface area contributed by atoms with Crippen LogP contribution in [0, 0.1) is 28.6 Å². The second-order valence-corrected chi connectivity index (χ2v) is 21.0. The van der Waals surface area contributed by atoms with Crippen LogP contribution in [0.25, 0.3) is 0 Å². The largest absolute Gasteiger partial charge is 0.511 e. The minimum Gasteiger partial charge on any atom is -0.511 e. The molecule has 2 spiro atoms. The molecule has 1 saturated carbocycles. The van der Waals surface area contributed by atoms with Crippen molar-refractivity contribution >= 4 is 33.2 Å². The summed E-state index contributed by atoms with van der Waals surface area (Å²) in [5, 5.41) is 87.7. The van der Waals surface area contributed by atoms with Crippen molar-refractivity contribution in [3.8, 4) is 5.75 Å². The maximum absolute atomic E-state index is 15.8. The number of ketones is 2. The van der Waals surface area contributed by atoms with Gasteiger partial charge >= 0.3 is 0 Å². The molecule has 13 nitrogen and oxygen atoms in total. The van der Waals surface area contributed by atoms with Crippen LogP contribution in [0.5, 0.6) is 5.75 Å². The molecule has 2 fully saturated rings. The molecule has 1 saturated heterocycles. The maximum atomic E-state index is 15.8. The molecule has 3 aliphatic heterocycles. The standard InChI is InChI=1S/C48H54N2O11S2/c51-16-4-10-37-47-33(19-28(20-36(47)54)18-26-5-1-6-27(17-26)23-52)40(55)31-8-2-9-34(39(31)41(47)56)60-43-42(57)48(59)35(13-15-45(24-53,61-43)44(48)58)46-14-3-7-30(46)12-11-29-22-49-38(21-32(29)46)50-25-62-63-37/h1-2,5-6,8-9,13,15,17,19-21,30,33,35,37,42-44,49-54,57-59H,3-4,7,10-12,14,16,18,22-25H2/t30-,33+,35-,37+,42-,43+,44+,45+,46+,47-,48+/m0/s1. The van der Waals surface area contributed by atoms with Crippen molar-refractivity contribution in [2.45, 2.75) is 92.9 Å². The van der Waals surface area contributed by atoms with Crippen molar-refractivity contribution in [1.82, 2.24) is 10.6 Å². The van der Waals surface area contributed by atoms with E-state index < -0.39 is 75.8 Å². The van der Waals surface area contributed by atoms with Crippen LogP contribution in [0.4, 0.5) is 0 Å². The van der Waals surface area contributed by atoms with Crippen LogP contribution in [-0.4, -0.2) is 108 Å². The minimum absolute atomic E-state index is 0.0411. The number of benzene rings is 2. The third-order valence-corrected chi connectivity index (χ3v) is 18.1. The van der Waals surface area contributed by atoms with Gasteiger partial charge < -0.3 is 55.9 Å². The van der Waals surface area contributed by atoms with Gasteiger partial charge in [0.05, 0.1) is 36.4 Å². The van der Waals surface area contributed by atoms with Crippen molar-refractivity contribution < 1.29 is 54.8 Å². The van der Waals surface area contributed by atoms with E-state index in [1.807, 2.05) is 18.2 Å². The topological polar surface area (TPSA) is 218 Å². The quantitative estimate of drug-likeness (QED) is 0.140. The molecule has 9 N–H and O–H groups in total. The van der Waals surface area contributed by atoms with E-state index in [4.69, 9.17) is 9.47 Å². The first-order chi connectivity index (χ1) is 30.5. The van der Waals surface area contributed by atoms with E-state index in [0.29, 0.717) is 36.4 Å². The fraction of sp³-hybridized carbons (Fsp3) is 0.500.